The molecule has 0 atom stereocenters. The fraction of sp³-hybridized carbons (Fsp3) is 0.182. The van der Waals surface area contributed by atoms with E-state index in [1.165, 1.54) is 0 Å². The second-order valence-electron chi connectivity index (χ2n) is 6.81. The van der Waals surface area contributed by atoms with Gasteiger partial charge in [0.15, 0.2) is 0 Å². The number of hydrogen-bond donors (Lipinski definition) is 0. The van der Waals surface area contributed by atoms with E-state index in [1.54, 1.807) is 12.1 Å². The Kier molecular flexibility index (Phi) is 4.84. The maximum Gasteiger partial charge on any atom is 0.421 e. The largest absolute Gasteiger partial charge is 0.421 e. The van der Waals surface area contributed by atoms with E-state index in [9.17, 15) is 8.42 Å². The quantitative estimate of drug-likeness (QED) is 0.390. The fourth-order valence-corrected chi connectivity index (χ4v) is 9.48. The standard InChI is InChI=1S/C22H22O3S2/c1-18-12-14-22(15-13-18)27(23,24)25-26(21-16-17-21,19-8-4-2-5-9-19)20-10-6-3-7-11-20/h2-15,21H,16-17H2,1H3/p+1. The highest BCUT2D eigenvalue weighted by Gasteiger charge is 2.52. The molecule has 0 aromatic heterocycles. The van der Waals surface area contributed by atoms with E-state index < -0.39 is 20.4 Å². The summed E-state index contributed by atoms with van der Waals surface area (Å²) in [5.41, 5.74) is 1.03. The second-order valence-corrected chi connectivity index (χ2v) is 11.7. The molecule has 0 amide bonds. The smallest absolute Gasteiger partial charge is 0.261 e. The molecule has 3 nitrogen and oxygen atoms in total. The highest BCUT2D eigenvalue weighted by Crippen LogP contribution is 2.72. The van der Waals surface area contributed by atoms with E-state index in [0.717, 1.165) is 28.2 Å². The van der Waals surface area contributed by atoms with Gasteiger partial charge in [0.25, 0.3) is 0 Å². The molecule has 3 aromatic rings. The van der Waals surface area contributed by atoms with Crippen molar-refractivity contribution in [3.63, 3.8) is 0 Å². The van der Waals surface area contributed by atoms with Gasteiger partial charge in [-0.25, -0.2) is 0 Å². The van der Waals surface area contributed by atoms with E-state index in [-0.39, 0.29) is 10.1 Å². The Morgan fingerprint density at radius 3 is 1.63 bits per heavy atom. The van der Waals surface area contributed by atoms with Crippen LogP contribution in [0.4, 0.5) is 0 Å². The molecule has 4 rings (SSSR count). The maximum atomic E-state index is 13.3. The van der Waals surface area contributed by atoms with Gasteiger partial charge in [-0.05, 0) is 56.2 Å². The minimum Gasteiger partial charge on any atom is -0.261 e. The van der Waals surface area contributed by atoms with Gasteiger partial charge in [-0.2, -0.15) is 0 Å². The van der Waals surface area contributed by atoms with Crippen LogP contribution in [0.15, 0.2) is 99.6 Å². The van der Waals surface area contributed by atoms with Crippen LogP contribution in [0.5, 0.6) is 0 Å². The zero-order valence-electron chi connectivity index (χ0n) is 15.2. The van der Waals surface area contributed by atoms with Crippen molar-refractivity contribution in [3.05, 3.63) is 90.5 Å². The molecule has 0 spiro atoms. The Labute approximate surface area is 162 Å². The topological polar surface area (TPSA) is 46.9 Å². The van der Waals surface area contributed by atoms with Crippen LogP contribution in [0.2, 0.25) is 0 Å². The second kappa shape index (κ2) is 7.15. The highest BCUT2D eigenvalue weighted by molar-refractivity contribution is 8.33. The van der Waals surface area contributed by atoms with Crippen molar-refractivity contribution >= 4 is 20.4 Å². The lowest BCUT2D eigenvalue weighted by Crippen LogP contribution is -2.21. The van der Waals surface area contributed by atoms with Gasteiger partial charge >= 0.3 is 10.1 Å². The molecule has 140 valence electrons. The van der Waals surface area contributed by atoms with Crippen molar-refractivity contribution < 1.29 is 12.0 Å². The van der Waals surface area contributed by atoms with Crippen molar-refractivity contribution in [2.45, 2.75) is 39.7 Å². The van der Waals surface area contributed by atoms with Gasteiger partial charge in [0.05, 0.1) is 15.0 Å². The van der Waals surface area contributed by atoms with Crippen LogP contribution < -0.4 is 0 Å². The summed E-state index contributed by atoms with van der Waals surface area (Å²) < 4.78 is 31.3. The molecule has 0 bridgehead atoms. The summed E-state index contributed by atoms with van der Waals surface area (Å²) in [4.78, 5) is 2.28. The Morgan fingerprint density at radius 1 is 0.704 bits per heavy atom. The van der Waals surface area contributed by atoms with Crippen LogP contribution in [0.3, 0.4) is 0 Å². The first kappa shape index (κ1) is 18.3. The van der Waals surface area contributed by atoms with E-state index >= 15 is 0 Å². The zero-order valence-corrected chi connectivity index (χ0v) is 16.8. The monoisotopic (exact) mass is 399 g/mol. The lowest BCUT2D eigenvalue weighted by molar-refractivity contribution is 0.386. The van der Waals surface area contributed by atoms with Crippen molar-refractivity contribution in [1.82, 2.24) is 0 Å². The first-order valence-corrected chi connectivity index (χ1v) is 12.1. The van der Waals surface area contributed by atoms with Crippen LogP contribution in [0.25, 0.3) is 0 Å². The molecule has 1 aliphatic rings. The van der Waals surface area contributed by atoms with Gasteiger partial charge in [0, 0.05) is 10.3 Å². The van der Waals surface area contributed by atoms with Crippen LogP contribution in [-0.4, -0.2) is 17.3 Å². The van der Waals surface area contributed by atoms with E-state index in [2.05, 4.69) is 0 Å². The molecular weight excluding hydrogens is 376 g/mol. The normalized spacial score (nSPS) is 15.4. The zero-order chi connectivity index (χ0) is 18.9. The molecule has 1 saturated carbocycles. The summed E-state index contributed by atoms with van der Waals surface area (Å²) >= 11 is 0. The molecule has 5 heteroatoms. The molecule has 0 aliphatic heterocycles. The lowest BCUT2D eigenvalue weighted by Gasteiger charge is -2.34. The van der Waals surface area contributed by atoms with Crippen molar-refractivity contribution in [1.29, 1.82) is 0 Å². The fourth-order valence-electron chi connectivity index (χ4n) is 3.24. The first-order valence-electron chi connectivity index (χ1n) is 9.01. The molecule has 0 unspecified atom stereocenters. The van der Waals surface area contributed by atoms with Crippen LogP contribution in [-0.2, 0) is 10.1 Å². The third-order valence-corrected chi connectivity index (χ3v) is 10.8. The number of hydrogen-bond acceptors (Lipinski definition) is 2. The van der Waals surface area contributed by atoms with E-state index in [4.69, 9.17) is 3.63 Å². The average molecular weight is 400 g/mol. The number of aryl methyl sites for hydroxylation is 1. The van der Waals surface area contributed by atoms with Gasteiger partial charge < -0.3 is 0 Å². The predicted molar refractivity (Wildman–Crippen MR) is 111 cm³/mol. The minimum atomic E-state index is -3.77. The van der Waals surface area contributed by atoms with Gasteiger partial charge in [0.2, 0.25) is 0 Å². The summed E-state index contributed by atoms with van der Waals surface area (Å²) in [7, 11) is -5.81. The molecule has 27 heavy (non-hydrogen) atoms. The highest BCUT2D eigenvalue weighted by atomic mass is 32.3. The van der Waals surface area contributed by atoms with Crippen LogP contribution in [0, 0.1) is 6.92 Å². The Hall–Kier alpha value is -2.08. The van der Waals surface area contributed by atoms with Gasteiger partial charge in [-0.15, -0.1) is 8.42 Å². The van der Waals surface area contributed by atoms with Crippen molar-refractivity contribution in [3.8, 4) is 0 Å². The van der Waals surface area contributed by atoms with Crippen LogP contribution in [0.1, 0.15) is 18.4 Å². The predicted octanol–water partition coefficient (Wildman–Crippen LogP) is 5.78. The van der Waals surface area contributed by atoms with Crippen molar-refractivity contribution in [2.75, 3.05) is 0 Å². The molecule has 1 fully saturated rings. The minimum absolute atomic E-state index is 0.262. The summed E-state index contributed by atoms with van der Waals surface area (Å²) in [6.45, 7) is 1.95. The summed E-state index contributed by atoms with van der Waals surface area (Å²) in [6.07, 6.45) is 2.01. The Balaban J connectivity index is 1.87. The lowest BCUT2D eigenvalue weighted by atomic mass is 10.2. The Morgan fingerprint density at radius 2 is 1.19 bits per heavy atom. The molecule has 0 radical (unpaired) electrons. The van der Waals surface area contributed by atoms with Crippen LogP contribution >= 0.6 is 10.3 Å². The van der Waals surface area contributed by atoms with E-state index in [0.29, 0.717) is 0 Å². The average Bonchev–Trinajstić information content (AvgIpc) is 3.53. The molecule has 1 N–H and O–H groups in total. The summed E-state index contributed by atoms with van der Waals surface area (Å²) in [6, 6.07) is 26.8. The van der Waals surface area contributed by atoms with Crippen molar-refractivity contribution in [2.24, 2.45) is 0 Å². The summed E-state index contributed by atoms with van der Waals surface area (Å²) in [5.74, 6) is 0. The third kappa shape index (κ3) is 3.55. The first-order chi connectivity index (χ1) is 13.0. The van der Waals surface area contributed by atoms with Gasteiger partial charge in [-0.1, -0.05) is 54.1 Å². The van der Waals surface area contributed by atoms with E-state index in [1.807, 2.05) is 79.7 Å². The molecular formula is C22H23O3S2+. The SMILES string of the molecule is Cc1ccc(S(=O)(=O)[OH+]S(c2ccccc2)(c2ccccc2)C2CC2)cc1. The maximum absolute atomic E-state index is 13.3. The van der Waals surface area contributed by atoms with Gasteiger partial charge in [-0.3, -0.25) is 3.63 Å². The third-order valence-electron chi connectivity index (χ3n) is 4.75. The Bertz CT molecular complexity index is 971. The molecule has 0 heterocycles. The number of rotatable bonds is 6. The van der Waals surface area contributed by atoms with Gasteiger partial charge in [0.1, 0.15) is 4.90 Å². The summed E-state index contributed by atoms with van der Waals surface area (Å²) in [5, 5.41) is 0.266. The number of benzene rings is 3. The molecule has 1 aliphatic carbocycles. The molecule has 3 aromatic carbocycles. The molecule has 0 saturated heterocycles.